The fourth-order valence-electron chi connectivity index (χ4n) is 7.55. The van der Waals surface area contributed by atoms with Gasteiger partial charge in [-0.1, -0.05) is 33.6 Å². The largest absolute Gasteiger partial charge is 0.391 e. The Hall–Kier alpha value is -6.07. The van der Waals surface area contributed by atoms with E-state index in [0.717, 1.165) is 27.7 Å². The minimum Gasteiger partial charge on any atom is -0.391 e. The fourth-order valence-corrected chi connectivity index (χ4v) is 7.55. The summed E-state index contributed by atoms with van der Waals surface area (Å²) in [6, 6.07) is -13.7. The maximum absolute atomic E-state index is 14.3. The van der Waals surface area contributed by atoms with Crippen molar-refractivity contribution in [1.29, 1.82) is 0 Å². The molecule has 0 spiro atoms. The number of aliphatic hydroxyl groups is 4. The van der Waals surface area contributed by atoms with Crippen LogP contribution in [-0.2, 0) is 52.7 Å². The van der Waals surface area contributed by atoms with Crippen LogP contribution in [0.25, 0.3) is 0 Å². The van der Waals surface area contributed by atoms with Gasteiger partial charge in [0, 0.05) is 6.54 Å². The first-order valence-electron chi connectivity index (χ1n) is 24.1. The highest BCUT2D eigenvalue weighted by Crippen LogP contribution is 2.21. The predicted octanol–water partition coefficient (Wildman–Crippen LogP) is -7.33. The summed E-state index contributed by atoms with van der Waals surface area (Å²) in [4.78, 5) is 146. The van der Waals surface area contributed by atoms with Crippen molar-refractivity contribution in [3.05, 3.63) is 0 Å². The van der Waals surface area contributed by atoms with Gasteiger partial charge in [0.15, 0.2) is 0 Å². The van der Waals surface area contributed by atoms with Crippen LogP contribution in [0.1, 0.15) is 106 Å². The molecule has 0 saturated carbocycles. The van der Waals surface area contributed by atoms with E-state index in [1.807, 2.05) is 6.92 Å². The molecule has 1 saturated heterocycles. The van der Waals surface area contributed by atoms with Crippen LogP contribution in [0, 0.1) is 5.92 Å². The zero-order valence-corrected chi connectivity index (χ0v) is 42.1. The minimum absolute atomic E-state index is 0.0220. The van der Waals surface area contributed by atoms with Crippen LogP contribution in [0.15, 0.2) is 0 Å². The van der Waals surface area contributed by atoms with Crippen LogP contribution in [0.5, 0.6) is 0 Å². The van der Waals surface area contributed by atoms with E-state index in [9.17, 15) is 73.2 Å². The second-order valence-electron chi connectivity index (χ2n) is 18.3. The van der Waals surface area contributed by atoms with Crippen molar-refractivity contribution in [3.8, 4) is 0 Å². The monoisotopic (exact) mass is 1030 g/mol. The van der Waals surface area contributed by atoms with Gasteiger partial charge in [-0.3, -0.25) is 52.7 Å². The Labute approximate surface area is 418 Å². The minimum atomic E-state index is -1.91. The Balaban J connectivity index is 3.34. The van der Waals surface area contributed by atoms with Crippen molar-refractivity contribution in [1.82, 2.24) is 47.4 Å². The van der Waals surface area contributed by atoms with Crippen LogP contribution in [0.4, 0.5) is 0 Å². The summed E-state index contributed by atoms with van der Waals surface area (Å²) < 4.78 is 0. The third-order valence-corrected chi connectivity index (χ3v) is 11.6. The first-order chi connectivity index (χ1) is 33.6. The fraction of sp³-hybridized carbons (Fsp3) is 0.750. The number of nitrogens with two attached hydrogens (primary N) is 4. The number of aliphatic hydroxyl groups excluding tert-OH is 4. The number of hydrogen-bond donors (Lipinski definition) is 16. The summed E-state index contributed by atoms with van der Waals surface area (Å²) >= 11 is 0. The zero-order valence-electron chi connectivity index (χ0n) is 42.1. The van der Waals surface area contributed by atoms with E-state index in [2.05, 4.69) is 42.5 Å². The van der Waals surface area contributed by atoms with Gasteiger partial charge >= 0.3 is 0 Å². The van der Waals surface area contributed by atoms with Crippen molar-refractivity contribution in [3.63, 3.8) is 0 Å². The normalized spacial score (nSPS) is 18.4. The lowest BCUT2D eigenvalue weighted by molar-refractivity contribution is -0.143. The molecule has 1 rings (SSSR count). The van der Waals surface area contributed by atoms with Crippen LogP contribution < -0.4 is 65.5 Å². The number of nitrogens with one attached hydrogen (secondary N) is 8. The van der Waals surface area contributed by atoms with E-state index in [4.69, 9.17) is 22.9 Å². The second kappa shape index (κ2) is 31.4. The van der Waals surface area contributed by atoms with Crippen molar-refractivity contribution in [2.75, 3.05) is 19.6 Å². The number of carbonyl (C=O) groups is 11. The van der Waals surface area contributed by atoms with Crippen LogP contribution in [0.2, 0.25) is 0 Å². The van der Waals surface area contributed by atoms with Gasteiger partial charge in [0.1, 0.15) is 54.4 Å². The molecule has 28 nitrogen and oxygen atoms in total. The highest BCUT2D eigenvalue weighted by molar-refractivity contribution is 5.99. The summed E-state index contributed by atoms with van der Waals surface area (Å²) in [5, 5.41) is 60.9. The molecule has 1 fully saturated rings. The van der Waals surface area contributed by atoms with Gasteiger partial charge in [-0.05, 0) is 78.7 Å². The molecule has 0 bridgehead atoms. The number of carbonyl (C=O) groups excluding carboxylic acids is 11. The SMILES string of the molecule is CCCC[C@@H](NC(=O)[C@@H](CC(N)=O)NC(=O)CN)C(=O)N[C@@H](CCCCN)C(=O)N1CCC[C@H]1C(=O)N[C@H](C(=O)N[C@@H](C(=O)N[C@@H](C(=O)N[C@@H](C(=O)N[C@@H](C(N)=O)C(C)C)[C@@H](C)O)[C@H](C)O)[C@@H](C)O)[C@H](C)O. The predicted molar refractivity (Wildman–Crippen MR) is 256 cm³/mol. The molecule has 1 heterocycles. The topological polar surface area (TPSA) is 472 Å². The molecule has 0 radical (unpaired) electrons. The maximum atomic E-state index is 14.3. The van der Waals surface area contributed by atoms with Gasteiger partial charge in [0.2, 0.25) is 65.0 Å². The first-order valence-corrected chi connectivity index (χ1v) is 24.1. The van der Waals surface area contributed by atoms with Gasteiger partial charge in [-0.2, -0.15) is 0 Å². The molecule has 0 aromatic rings. The van der Waals surface area contributed by atoms with Crippen molar-refractivity contribution in [2.45, 2.75) is 185 Å². The molecule has 0 aromatic heterocycles. The molecule has 0 unspecified atom stereocenters. The van der Waals surface area contributed by atoms with Crippen LogP contribution in [0.3, 0.4) is 0 Å². The Morgan fingerprint density at radius 3 is 1.38 bits per heavy atom. The highest BCUT2D eigenvalue weighted by Gasteiger charge is 2.42. The standard InChI is InChI=1S/C44H79N13O15/c1-8-9-13-25(50-38(66)27(18-29(47)62)49-30(63)19-46)37(65)51-26(14-10-11-16-45)44(72)57-17-12-15-28(57)39(67)53-32(21(4)58)41(69)55-34(23(6)60)43(71)56-35(24(7)61)42(70)54-33(22(5)59)40(68)52-31(20(2)3)36(48)64/h20-28,31-35,58-61H,8-19,45-46H2,1-7H3,(H2,47,62)(H2,48,64)(H,49,63)(H,50,66)(H,51,65)(H,52,68)(H,53,67)(H,54,70)(H,55,69)(H,56,71)/t21-,22+,23+,24-,25+,26-,27+,28-,31+,32-,33+,34+,35+/m0/s1. The molecule has 72 heavy (non-hydrogen) atoms. The third kappa shape index (κ3) is 20.6. The molecule has 13 atom stereocenters. The number of primary amides is 2. The average Bonchev–Trinajstić information content (AvgIpc) is 3.79. The lowest BCUT2D eigenvalue weighted by atomic mass is 10.0. The van der Waals surface area contributed by atoms with E-state index >= 15 is 0 Å². The van der Waals surface area contributed by atoms with E-state index in [1.54, 1.807) is 13.8 Å². The maximum Gasteiger partial charge on any atom is 0.245 e. The number of hydrogen-bond acceptors (Lipinski definition) is 17. The van der Waals surface area contributed by atoms with Gasteiger partial charge in [0.05, 0.1) is 37.4 Å². The summed E-state index contributed by atoms with van der Waals surface area (Å²) in [6.45, 7) is 9.22. The number of unbranched alkanes of at least 4 members (excludes halogenated alkanes) is 2. The number of rotatable bonds is 32. The second-order valence-corrected chi connectivity index (χ2v) is 18.3. The number of amides is 11. The van der Waals surface area contributed by atoms with E-state index in [0.29, 0.717) is 32.1 Å². The molecule has 1 aliphatic heterocycles. The summed E-state index contributed by atoms with van der Waals surface area (Å²) in [7, 11) is 0. The molecule has 11 amide bonds. The van der Waals surface area contributed by atoms with Gasteiger partial charge < -0.3 is 90.8 Å². The van der Waals surface area contributed by atoms with Crippen LogP contribution >= 0.6 is 0 Å². The number of likely N-dealkylation sites (tertiary alicyclic amines) is 1. The lowest BCUT2D eigenvalue weighted by Crippen LogP contribution is -2.65. The molecule has 20 N–H and O–H groups in total. The number of nitrogens with zero attached hydrogens (tertiary/aromatic N) is 1. The van der Waals surface area contributed by atoms with Crippen LogP contribution in [-0.4, -0.2) is 189 Å². The van der Waals surface area contributed by atoms with Crippen molar-refractivity contribution in [2.24, 2.45) is 28.9 Å². The van der Waals surface area contributed by atoms with Gasteiger partial charge in [-0.15, -0.1) is 0 Å². The Morgan fingerprint density at radius 1 is 0.542 bits per heavy atom. The van der Waals surface area contributed by atoms with E-state index in [-0.39, 0.29) is 32.4 Å². The molecule has 0 aliphatic carbocycles. The quantitative estimate of drug-likeness (QED) is 0.0278. The molecule has 1 aliphatic rings. The average molecular weight is 1030 g/mol. The summed E-state index contributed by atoms with van der Waals surface area (Å²) in [5.41, 5.74) is 21.7. The smallest absolute Gasteiger partial charge is 0.245 e. The van der Waals surface area contributed by atoms with Crippen molar-refractivity contribution >= 4 is 65.0 Å². The van der Waals surface area contributed by atoms with Gasteiger partial charge in [-0.25, -0.2) is 0 Å². The van der Waals surface area contributed by atoms with E-state index < -0.39 is 163 Å². The zero-order chi connectivity index (χ0) is 55.2. The molecule has 0 aromatic carbocycles. The summed E-state index contributed by atoms with van der Waals surface area (Å²) in [6.07, 6.45) is -4.93. The Morgan fingerprint density at radius 2 is 0.972 bits per heavy atom. The Kier molecular flexibility index (Phi) is 27.9. The Bertz CT molecular complexity index is 1890. The highest BCUT2D eigenvalue weighted by atomic mass is 16.3. The molecule has 410 valence electrons. The van der Waals surface area contributed by atoms with Crippen molar-refractivity contribution < 1.29 is 73.2 Å². The van der Waals surface area contributed by atoms with E-state index in [1.165, 1.54) is 4.90 Å². The third-order valence-electron chi connectivity index (χ3n) is 11.6. The lowest BCUT2D eigenvalue weighted by Gasteiger charge is -2.32. The summed E-state index contributed by atoms with van der Waals surface area (Å²) in [5.74, 6) is -11.1. The first kappa shape index (κ1) is 63.9. The molecule has 28 heteroatoms. The molecular weight excluding hydrogens is 951 g/mol. The van der Waals surface area contributed by atoms with Gasteiger partial charge in [0.25, 0.3) is 0 Å². The molecular formula is C44H79N13O15.